The Balaban J connectivity index is 0.000000259. The molecule has 0 radical (unpaired) electrons. The SMILES string of the molecule is O=Cc1ccccc1.[Fe].[cH-]1[cH-][cH-][cH-][cH-]1.c1cc[cH-]c1. The smallest absolute Gasteiger partial charge is 0.150 e. The molecule has 3 rings (SSSR count). The first-order valence-electron chi connectivity index (χ1n) is 5.77. The van der Waals surface area contributed by atoms with Crippen LogP contribution in [0.15, 0.2) is 91.0 Å². The first-order chi connectivity index (χ1) is 8.93. The maximum Gasteiger partial charge on any atom is 0.150 e. The zero-order chi connectivity index (χ0) is 12.9. The molecule has 0 heterocycles. The fraction of sp³-hybridized carbons (Fsp3) is 0. The second-order valence-electron chi connectivity index (χ2n) is 3.45. The van der Waals surface area contributed by atoms with Crippen LogP contribution in [0, 0.1) is 0 Å². The monoisotopic (exact) mass is 292 g/mol. The molecule has 3 aromatic rings. The third-order valence-corrected chi connectivity index (χ3v) is 2.05. The largest absolute Gasteiger partial charge is 0.748 e. The topological polar surface area (TPSA) is 17.1 Å². The molecule has 1 nitrogen and oxygen atoms in total. The Bertz CT molecular complexity index is 409. The van der Waals surface area contributed by atoms with Gasteiger partial charge in [-0.3, -0.25) is 4.79 Å². The molecule has 0 aromatic heterocycles. The molecule has 19 heavy (non-hydrogen) atoms. The van der Waals surface area contributed by atoms with Crippen molar-refractivity contribution in [1.82, 2.24) is 0 Å². The molecule has 0 aliphatic carbocycles. The number of benzene rings is 1. The van der Waals surface area contributed by atoms with Crippen LogP contribution in [0.5, 0.6) is 0 Å². The zero-order valence-electron chi connectivity index (χ0n) is 10.5. The van der Waals surface area contributed by atoms with E-state index >= 15 is 0 Å². The van der Waals surface area contributed by atoms with Crippen molar-refractivity contribution in [2.24, 2.45) is 0 Å². The molecule has 104 valence electrons. The maximum absolute atomic E-state index is 10.0. The molecule has 0 unspecified atom stereocenters. The molecule has 0 saturated heterocycles. The van der Waals surface area contributed by atoms with Gasteiger partial charge in [0.2, 0.25) is 0 Å². The Hall–Kier alpha value is -1.89. The van der Waals surface area contributed by atoms with Crippen molar-refractivity contribution in [2.45, 2.75) is 0 Å². The summed E-state index contributed by atoms with van der Waals surface area (Å²) < 4.78 is 0. The summed E-state index contributed by atoms with van der Waals surface area (Å²) in [5, 5.41) is 0. The number of aldehydes is 1. The van der Waals surface area contributed by atoms with Crippen molar-refractivity contribution in [3.63, 3.8) is 0 Å². The third kappa shape index (κ3) is 9.78. The number of carbonyl (C=O) groups excluding carboxylic acids is 1. The molecule has 0 spiro atoms. The van der Waals surface area contributed by atoms with E-state index in [0.717, 1.165) is 11.8 Å². The van der Waals surface area contributed by atoms with Crippen molar-refractivity contribution in [1.29, 1.82) is 0 Å². The van der Waals surface area contributed by atoms with Crippen molar-refractivity contribution >= 4 is 6.29 Å². The van der Waals surface area contributed by atoms with Gasteiger partial charge in [-0.15, -0.1) is 0 Å². The van der Waals surface area contributed by atoms with Crippen molar-refractivity contribution in [3.8, 4) is 0 Å². The summed E-state index contributed by atoms with van der Waals surface area (Å²) in [6.07, 6.45) is 0.833. The van der Waals surface area contributed by atoms with E-state index in [2.05, 4.69) is 0 Å². The van der Waals surface area contributed by atoms with Crippen LogP contribution in [-0.4, -0.2) is 6.29 Å². The standard InChI is InChI=1S/C7H6O.2C5H5.Fe/c8-6-7-4-2-1-3-5-7;2*1-2-4-5-3-1;/h1-6H;2*1-5H;/q;-5;-1;. The van der Waals surface area contributed by atoms with Crippen LogP contribution < -0.4 is 0 Å². The quantitative estimate of drug-likeness (QED) is 0.371. The molecule has 0 amide bonds. The second kappa shape index (κ2) is 12.6. The van der Waals surface area contributed by atoms with Crippen LogP contribution in [0.2, 0.25) is 0 Å². The van der Waals surface area contributed by atoms with Crippen LogP contribution >= 0.6 is 0 Å². The summed E-state index contributed by atoms with van der Waals surface area (Å²) in [5.41, 5.74) is 0.729. The minimum absolute atomic E-state index is 0. The van der Waals surface area contributed by atoms with Crippen molar-refractivity contribution in [3.05, 3.63) is 96.6 Å². The molecule has 3 aromatic carbocycles. The van der Waals surface area contributed by atoms with Gasteiger partial charge in [-0.1, -0.05) is 30.3 Å². The predicted octanol–water partition coefficient (Wildman–Crippen LogP) is 4.31. The van der Waals surface area contributed by atoms with Crippen LogP contribution in [0.3, 0.4) is 0 Å². The molecule has 2 heteroatoms. The van der Waals surface area contributed by atoms with Crippen LogP contribution in [-0.2, 0) is 17.1 Å². The van der Waals surface area contributed by atoms with Gasteiger partial charge in [-0.25, -0.2) is 12.1 Å². The van der Waals surface area contributed by atoms with Crippen molar-refractivity contribution in [2.75, 3.05) is 0 Å². The Labute approximate surface area is 125 Å². The Morgan fingerprint density at radius 2 is 1.21 bits per heavy atom. The minimum Gasteiger partial charge on any atom is -0.748 e. The molecule has 0 atom stereocenters. The number of hydrogen-bond donors (Lipinski definition) is 0. The van der Waals surface area contributed by atoms with Crippen LogP contribution in [0.4, 0.5) is 0 Å². The van der Waals surface area contributed by atoms with E-state index in [0.29, 0.717) is 0 Å². The Morgan fingerprint density at radius 1 is 0.737 bits per heavy atom. The van der Waals surface area contributed by atoms with Gasteiger partial charge in [0.15, 0.2) is 0 Å². The number of rotatable bonds is 1. The van der Waals surface area contributed by atoms with E-state index in [1.54, 1.807) is 12.1 Å². The van der Waals surface area contributed by atoms with Crippen LogP contribution in [0.1, 0.15) is 10.4 Å². The second-order valence-corrected chi connectivity index (χ2v) is 3.45. The molecule has 0 N–H and O–H groups in total. The summed E-state index contributed by atoms with van der Waals surface area (Å²) in [7, 11) is 0. The van der Waals surface area contributed by atoms with Gasteiger partial charge in [-0.05, 0) is 0 Å². The molecule has 0 bridgehead atoms. The number of carbonyl (C=O) groups is 1. The molecule has 0 aliphatic rings. The molecule has 0 saturated carbocycles. The molecular weight excluding hydrogens is 276 g/mol. The molecular formula is C17H16FeO-6. The summed E-state index contributed by atoms with van der Waals surface area (Å²) >= 11 is 0. The van der Waals surface area contributed by atoms with Gasteiger partial charge < -0.3 is 30.3 Å². The first-order valence-corrected chi connectivity index (χ1v) is 5.77. The predicted molar refractivity (Wildman–Crippen MR) is 75.9 cm³/mol. The van der Waals surface area contributed by atoms with Gasteiger partial charge in [0.1, 0.15) is 6.29 Å². The van der Waals surface area contributed by atoms with E-state index in [1.165, 1.54) is 0 Å². The average molecular weight is 292 g/mol. The summed E-state index contributed by atoms with van der Waals surface area (Å²) in [6.45, 7) is 0. The average Bonchev–Trinajstić information content (AvgIpc) is 3.17. The fourth-order valence-corrected chi connectivity index (χ4v) is 1.17. The van der Waals surface area contributed by atoms with Gasteiger partial charge in [0.05, 0.1) is 0 Å². The first kappa shape index (κ1) is 17.1. The van der Waals surface area contributed by atoms with Gasteiger partial charge in [-0.2, -0.15) is 18.2 Å². The number of hydrogen-bond acceptors (Lipinski definition) is 1. The Morgan fingerprint density at radius 3 is 1.47 bits per heavy atom. The van der Waals surface area contributed by atoms with E-state index in [4.69, 9.17) is 0 Å². The maximum atomic E-state index is 10.0. The zero-order valence-corrected chi connectivity index (χ0v) is 11.6. The van der Waals surface area contributed by atoms with E-state index in [9.17, 15) is 4.79 Å². The Kier molecular flexibility index (Phi) is 11.3. The van der Waals surface area contributed by atoms with E-state index in [-0.39, 0.29) is 17.1 Å². The molecule has 0 aliphatic heterocycles. The van der Waals surface area contributed by atoms with Gasteiger partial charge >= 0.3 is 0 Å². The van der Waals surface area contributed by atoms with Crippen molar-refractivity contribution < 1.29 is 21.9 Å². The van der Waals surface area contributed by atoms with E-state index in [1.807, 2.05) is 78.9 Å². The minimum atomic E-state index is 0. The summed E-state index contributed by atoms with van der Waals surface area (Å²) in [6, 6.07) is 29.1. The normalized spacial score (nSPS) is 7.79. The summed E-state index contributed by atoms with van der Waals surface area (Å²) in [5.74, 6) is 0. The fourth-order valence-electron chi connectivity index (χ4n) is 1.17. The molecule has 0 fully saturated rings. The van der Waals surface area contributed by atoms with Gasteiger partial charge in [0, 0.05) is 22.6 Å². The van der Waals surface area contributed by atoms with E-state index < -0.39 is 0 Å². The van der Waals surface area contributed by atoms with Crippen LogP contribution in [0.25, 0.3) is 0 Å². The summed E-state index contributed by atoms with van der Waals surface area (Å²) in [4.78, 5) is 10.0. The van der Waals surface area contributed by atoms with Gasteiger partial charge in [0.25, 0.3) is 0 Å². The third-order valence-electron chi connectivity index (χ3n) is 2.05.